The molecule has 0 spiro atoms. The minimum atomic E-state index is -0.511. The van der Waals surface area contributed by atoms with Crippen LogP contribution in [0.2, 0.25) is 0 Å². The zero-order valence-corrected chi connectivity index (χ0v) is 10.9. The van der Waals surface area contributed by atoms with Crippen molar-refractivity contribution in [1.82, 2.24) is 0 Å². The fraction of sp³-hybridized carbons (Fsp3) is 0.154. The number of carbonyl (C=O) groups excluding carboxylic acids is 1. The van der Waals surface area contributed by atoms with Gasteiger partial charge in [-0.1, -0.05) is 0 Å². The number of hydrogen-bond acceptors (Lipinski definition) is 5. The third kappa shape index (κ3) is 2.23. The van der Waals surface area contributed by atoms with Crippen LogP contribution in [0.25, 0.3) is 10.4 Å². The van der Waals surface area contributed by atoms with E-state index in [2.05, 4.69) is 4.84 Å². The third-order valence-corrected chi connectivity index (χ3v) is 3.85. The number of ether oxygens (including phenoxy) is 1. The molecular formula is C13H13NO3S. The summed E-state index contributed by atoms with van der Waals surface area (Å²) < 4.78 is 5.11. The average molecular weight is 263 g/mol. The molecule has 0 unspecified atom stereocenters. The van der Waals surface area contributed by atoms with E-state index in [1.54, 1.807) is 12.5 Å². The van der Waals surface area contributed by atoms with E-state index >= 15 is 0 Å². The highest BCUT2D eigenvalue weighted by Gasteiger charge is 2.16. The summed E-state index contributed by atoms with van der Waals surface area (Å²) in [7, 11) is 1.63. The van der Waals surface area contributed by atoms with E-state index in [9.17, 15) is 4.79 Å². The smallest absolute Gasteiger partial charge is 0.357 e. The molecule has 0 saturated carbocycles. The van der Waals surface area contributed by atoms with Gasteiger partial charge in [0.2, 0.25) is 0 Å². The molecule has 0 bridgehead atoms. The summed E-state index contributed by atoms with van der Waals surface area (Å²) in [4.78, 5) is 16.7. The summed E-state index contributed by atoms with van der Waals surface area (Å²) in [5.41, 5.74) is 2.42. The number of nitrogens with two attached hydrogens (primary N) is 1. The second kappa shape index (κ2) is 5.20. The standard InChI is InChI=1S/C13H13NO3S/c1-8-11(13(15)17-14)7-18-12(8)9-3-5-10(16-2)6-4-9/h3-7H,14H2,1-2H3. The second-order valence-electron chi connectivity index (χ2n) is 3.74. The Morgan fingerprint density at radius 3 is 2.50 bits per heavy atom. The maximum Gasteiger partial charge on any atom is 0.357 e. The zero-order chi connectivity index (χ0) is 13.1. The molecule has 2 N–H and O–H groups in total. The lowest BCUT2D eigenvalue weighted by Crippen LogP contribution is -2.10. The van der Waals surface area contributed by atoms with Crippen LogP contribution < -0.4 is 10.6 Å². The van der Waals surface area contributed by atoms with Crippen molar-refractivity contribution in [2.24, 2.45) is 5.90 Å². The SMILES string of the molecule is COc1ccc(-c2scc(C(=O)ON)c2C)cc1. The number of benzene rings is 1. The van der Waals surface area contributed by atoms with Crippen LogP contribution in [0.3, 0.4) is 0 Å². The Morgan fingerprint density at radius 2 is 1.94 bits per heavy atom. The molecular weight excluding hydrogens is 250 g/mol. The molecule has 5 heteroatoms. The number of carbonyl (C=O) groups is 1. The fourth-order valence-electron chi connectivity index (χ4n) is 1.71. The fourth-order valence-corrected chi connectivity index (χ4v) is 2.78. The van der Waals surface area contributed by atoms with Gasteiger partial charge in [-0.05, 0) is 42.3 Å². The van der Waals surface area contributed by atoms with Crippen molar-refractivity contribution in [3.63, 3.8) is 0 Å². The first-order valence-corrected chi connectivity index (χ1v) is 6.19. The Hall–Kier alpha value is -1.85. The van der Waals surface area contributed by atoms with Crippen LogP contribution in [-0.4, -0.2) is 13.1 Å². The first-order chi connectivity index (χ1) is 8.67. The van der Waals surface area contributed by atoms with E-state index in [0.29, 0.717) is 5.56 Å². The molecule has 94 valence electrons. The zero-order valence-electron chi connectivity index (χ0n) is 10.1. The van der Waals surface area contributed by atoms with Gasteiger partial charge in [-0.3, -0.25) is 0 Å². The first-order valence-electron chi connectivity index (χ1n) is 5.31. The van der Waals surface area contributed by atoms with Gasteiger partial charge in [-0.2, -0.15) is 5.90 Å². The number of rotatable bonds is 3. The molecule has 1 heterocycles. The van der Waals surface area contributed by atoms with Crippen molar-refractivity contribution in [3.05, 3.63) is 40.8 Å². The third-order valence-electron chi connectivity index (χ3n) is 2.72. The molecule has 0 aliphatic heterocycles. The van der Waals surface area contributed by atoms with E-state index in [0.717, 1.165) is 21.8 Å². The van der Waals surface area contributed by atoms with E-state index in [1.165, 1.54) is 11.3 Å². The Morgan fingerprint density at radius 1 is 1.28 bits per heavy atom. The average Bonchev–Trinajstić information content (AvgIpc) is 2.80. The number of methoxy groups -OCH3 is 1. The summed E-state index contributed by atoms with van der Waals surface area (Å²) in [6, 6.07) is 7.68. The molecule has 0 saturated heterocycles. The summed E-state index contributed by atoms with van der Waals surface area (Å²) in [5, 5.41) is 1.75. The van der Waals surface area contributed by atoms with Gasteiger partial charge in [0.05, 0.1) is 12.7 Å². The second-order valence-corrected chi connectivity index (χ2v) is 4.62. The van der Waals surface area contributed by atoms with Crippen LogP contribution in [0.4, 0.5) is 0 Å². The van der Waals surface area contributed by atoms with Crippen molar-refractivity contribution >= 4 is 17.3 Å². The van der Waals surface area contributed by atoms with Crippen molar-refractivity contribution in [3.8, 4) is 16.2 Å². The highest BCUT2D eigenvalue weighted by molar-refractivity contribution is 7.14. The highest BCUT2D eigenvalue weighted by Crippen LogP contribution is 2.33. The molecule has 1 aromatic heterocycles. The van der Waals surface area contributed by atoms with Crippen LogP contribution in [0, 0.1) is 6.92 Å². The molecule has 18 heavy (non-hydrogen) atoms. The monoisotopic (exact) mass is 263 g/mol. The van der Waals surface area contributed by atoms with E-state index in [4.69, 9.17) is 10.6 Å². The predicted molar refractivity (Wildman–Crippen MR) is 70.6 cm³/mol. The number of hydrogen-bond donors (Lipinski definition) is 1. The molecule has 2 aromatic rings. The normalized spacial score (nSPS) is 10.2. The van der Waals surface area contributed by atoms with Gasteiger partial charge in [0, 0.05) is 10.3 Å². The highest BCUT2D eigenvalue weighted by atomic mass is 32.1. The van der Waals surface area contributed by atoms with E-state index in [1.807, 2.05) is 31.2 Å². The molecule has 0 fully saturated rings. The lowest BCUT2D eigenvalue weighted by atomic mass is 10.1. The van der Waals surface area contributed by atoms with Crippen molar-refractivity contribution in [2.45, 2.75) is 6.92 Å². The maximum absolute atomic E-state index is 11.4. The van der Waals surface area contributed by atoms with Crippen LogP contribution >= 0.6 is 11.3 Å². The van der Waals surface area contributed by atoms with Gasteiger partial charge in [0.1, 0.15) is 5.75 Å². The van der Waals surface area contributed by atoms with Gasteiger partial charge in [0.25, 0.3) is 0 Å². The largest absolute Gasteiger partial charge is 0.497 e. The Bertz CT molecular complexity index is 560. The summed E-state index contributed by atoms with van der Waals surface area (Å²) in [6.45, 7) is 1.88. The predicted octanol–water partition coefficient (Wildman–Crippen LogP) is 2.76. The van der Waals surface area contributed by atoms with Crippen LogP contribution in [0.1, 0.15) is 15.9 Å². The van der Waals surface area contributed by atoms with Gasteiger partial charge >= 0.3 is 5.97 Å². The molecule has 0 aliphatic carbocycles. The molecule has 2 rings (SSSR count). The van der Waals surface area contributed by atoms with Crippen molar-refractivity contribution in [1.29, 1.82) is 0 Å². The first kappa shape index (κ1) is 12.6. The minimum absolute atomic E-state index is 0.508. The van der Waals surface area contributed by atoms with Crippen molar-refractivity contribution in [2.75, 3.05) is 7.11 Å². The summed E-state index contributed by atoms with van der Waals surface area (Å²) in [5.74, 6) is 5.19. The van der Waals surface area contributed by atoms with Gasteiger partial charge < -0.3 is 9.57 Å². The van der Waals surface area contributed by atoms with Gasteiger partial charge in [0.15, 0.2) is 0 Å². The molecule has 0 amide bonds. The van der Waals surface area contributed by atoms with Crippen LogP contribution in [0.5, 0.6) is 5.75 Å². The maximum atomic E-state index is 11.4. The lowest BCUT2D eigenvalue weighted by Gasteiger charge is -2.03. The molecule has 1 aromatic carbocycles. The summed E-state index contributed by atoms with van der Waals surface area (Å²) >= 11 is 1.49. The topological polar surface area (TPSA) is 61.5 Å². The quantitative estimate of drug-likeness (QED) is 0.865. The Kier molecular flexibility index (Phi) is 3.64. The lowest BCUT2D eigenvalue weighted by molar-refractivity contribution is 0.0503. The van der Waals surface area contributed by atoms with E-state index < -0.39 is 5.97 Å². The molecule has 0 atom stereocenters. The summed E-state index contributed by atoms with van der Waals surface area (Å²) in [6.07, 6.45) is 0. The van der Waals surface area contributed by atoms with E-state index in [-0.39, 0.29) is 0 Å². The van der Waals surface area contributed by atoms with Crippen LogP contribution in [0.15, 0.2) is 29.6 Å². The Labute approximate surface area is 109 Å². The van der Waals surface area contributed by atoms with Crippen LogP contribution in [-0.2, 0) is 4.84 Å². The minimum Gasteiger partial charge on any atom is -0.497 e. The van der Waals surface area contributed by atoms with Crippen molar-refractivity contribution < 1.29 is 14.4 Å². The molecule has 4 nitrogen and oxygen atoms in total. The van der Waals surface area contributed by atoms with Gasteiger partial charge in [-0.15, -0.1) is 11.3 Å². The molecule has 0 radical (unpaired) electrons. The number of thiophene rings is 1. The Balaban J connectivity index is 2.39. The molecule has 0 aliphatic rings. The van der Waals surface area contributed by atoms with Gasteiger partial charge in [-0.25, -0.2) is 4.79 Å².